The number of likely N-dealkylation sites (tertiary alicyclic amines) is 2. The van der Waals surface area contributed by atoms with Crippen LogP contribution in [-0.4, -0.2) is 41.9 Å². The fourth-order valence-corrected chi connectivity index (χ4v) is 5.64. The summed E-state index contributed by atoms with van der Waals surface area (Å²) in [4.78, 5) is 18.0. The summed E-state index contributed by atoms with van der Waals surface area (Å²) in [5, 5.41) is 2.64. The van der Waals surface area contributed by atoms with Gasteiger partial charge in [0.25, 0.3) is 0 Å². The van der Waals surface area contributed by atoms with Gasteiger partial charge >= 0.3 is 0 Å². The molecule has 3 nitrogen and oxygen atoms in total. The number of carbonyl (C=O) groups excluding carboxylic acids is 1. The molecular formula is C29H34N2O. The van der Waals surface area contributed by atoms with E-state index < -0.39 is 0 Å². The van der Waals surface area contributed by atoms with E-state index >= 15 is 0 Å². The van der Waals surface area contributed by atoms with E-state index in [4.69, 9.17) is 0 Å². The molecule has 1 atom stereocenters. The Balaban J connectivity index is 1.16. The van der Waals surface area contributed by atoms with E-state index in [0.717, 1.165) is 64.8 Å². The minimum Gasteiger partial charge on any atom is -0.342 e. The summed E-state index contributed by atoms with van der Waals surface area (Å²) in [7, 11) is 0. The lowest BCUT2D eigenvalue weighted by atomic mass is 9.89. The Hall–Kier alpha value is -2.65. The maximum absolute atomic E-state index is 13.3. The van der Waals surface area contributed by atoms with Gasteiger partial charge in [0.2, 0.25) is 5.91 Å². The highest BCUT2D eigenvalue weighted by molar-refractivity contribution is 5.85. The summed E-state index contributed by atoms with van der Waals surface area (Å²) in [6, 6.07) is 26.0. The maximum atomic E-state index is 13.3. The highest BCUT2D eigenvalue weighted by Crippen LogP contribution is 2.27. The first-order valence-electron chi connectivity index (χ1n) is 12.3. The lowest BCUT2D eigenvalue weighted by Gasteiger charge is -2.38. The summed E-state index contributed by atoms with van der Waals surface area (Å²) < 4.78 is 0. The zero-order chi connectivity index (χ0) is 21.8. The molecular weight excluding hydrogens is 392 g/mol. The number of piperidine rings is 2. The van der Waals surface area contributed by atoms with Crippen molar-refractivity contribution in [3.63, 3.8) is 0 Å². The minimum absolute atomic E-state index is 0.157. The molecule has 32 heavy (non-hydrogen) atoms. The van der Waals surface area contributed by atoms with Gasteiger partial charge in [-0.05, 0) is 66.5 Å². The predicted molar refractivity (Wildman–Crippen MR) is 131 cm³/mol. The lowest BCUT2D eigenvalue weighted by Crippen LogP contribution is -2.47. The maximum Gasteiger partial charge on any atom is 0.226 e. The van der Waals surface area contributed by atoms with Crippen LogP contribution in [0.25, 0.3) is 10.8 Å². The van der Waals surface area contributed by atoms with Crippen molar-refractivity contribution in [3.8, 4) is 0 Å². The molecule has 2 fully saturated rings. The van der Waals surface area contributed by atoms with Gasteiger partial charge in [0.15, 0.2) is 0 Å². The third-order valence-corrected chi connectivity index (χ3v) is 7.42. The van der Waals surface area contributed by atoms with E-state index in [1.165, 1.54) is 21.9 Å². The van der Waals surface area contributed by atoms with Gasteiger partial charge in [0, 0.05) is 26.2 Å². The minimum atomic E-state index is 0.157. The van der Waals surface area contributed by atoms with Gasteiger partial charge in [0.05, 0.1) is 5.92 Å². The van der Waals surface area contributed by atoms with Gasteiger partial charge in [0.1, 0.15) is 0 Å². The van der Waals surface area contributed by atoms with Crippen LogP contribution in [0.1, 0.15) is 36.8 Å². The van der Waals surface area contributed by atoms with Crippen LogP contribution in [0, 0.1) is 11.8 Å². The van der Waals surface area contributed by atoms with Gasteiger partial charge in [-0.3, -0.25) is 9.69 Å². The number of rotatable bonds is 5. The monoisotopic (exact) mass is 426 g/mol. The smallest absolute Gasteiger partial charge is 0.226 e. The third kappa shape index (κ3) is 4.88. The van der Waals surface area contributed by atoms with Gasteiger partial charge < -0.3 is 4.90 Å². The predicted octanol–water partition coefficient (Wildman–Crippen LogP) is 5.53. The van der Waals surface area contributed by atoms with Crippen molar-refractivity contribution in [3.05, 3.63) is 83.9 Å². The first-order chi connectivity index (χ1) is 15.8. The average Bonchev–Trinajstić information content (AvgIpc) is 2.85. The van der Waals surface area contributed by atoms with Crippen LogP contribution < -0.4 is 0 Å². The van der Waals surface area contributed by atoms with E-state index in [-0.39, 0.29) is 5.92 Å². The molecule has 166 valence electrons. The van der Waals surface area contributed by atoms with Crippen LogP contribution in [0.2, 0.25) is 0 Å². The first kappa shape index (κ1) is 21.2. The Labute approximate surface area is 192 Å². The SMILES string of the molecule is O=C([C@H]1CCCN(Cc2cccc3ccccc23)C1)N1CCC(Cc2ccccc2)CC1. The fourth-order valence-electron chi connectivity index (χ4n) is 5.64. The molecule has 0 unspecified atom stereocenters. The summed E-state index contributed by atoms with van der Waals surface area (Å²) in [6.45, 7) is 4.77. The molecule has 1 amide bonds. The van der Waals surface area contributed by atoms with Crippen molar-refractivity contribution in [2.75, 3.05) is 26.2 Å². The molecule has 2 heterocycles. The standard InChI is InChI=1S/C29H34N2O/c32-29(31-18-15-24(16-19-31)20-23-8-2-1-3-9-23)27-13-7-17-30(22-27)21-26-12-6-11-25-10-4-5-14-28(25)26/h1-6,8-12,14,24,27H,7,13,15-22H2/t27-/m0/s1. The molecule has 0 bridgehead atoms. The fraction of sp³-hybridized carbons (Fsp3) is 0.414. The molecule has 0 saturated carbocycles. The summed E-state index contributed by atoms with van der Waals surface area (Å²) in [5.41, 5.74) is 2.80. The van der Waals surface area contributed by atoms with Crippen LogP contribution in [0.5, 0.6) is 0 Å². The second-order valence-electron chi connectivity index (χ2n) is 9.67. The number of hydrogen-bond donors (Lipinski definition) is 0. The number of fused-ring (bicyclic) bond motifs is 1. The Morgan fingerprint density at radius 2 is 1.56 bits per heavy atom. The molecule has 3 aromatic carbocycles. The Bertz CT molecular complexity index is 1030. The van der Waals surface area contributed by atoms with Crippen molar-refractivity contribution in [1.82, 2.24) is 9.80 Å². The summed E-state index contributed by atoms with van der Waals surface area (Å²) in [6.07, 6.45) is 5.56. The molecule has 0 N–H and O–H groups in total. The Kier molecular flexibility index (Phi) is 6.54. The van der Waals surface area contributed by atoms with Crippen molar-refractivity contribution in [1.29, 1.82) is 0 Å². The summed E-state index contributed by atoms with van der Waals surface area (Å²) in [5.74, 6) is 1.26. The molecule has 3 heteroatoms. The van der Waals surface area contributed by atoms with Crippen LogP contribution >= 0.6 is 0 Å². The molecule has 0 aliphatic carbocycles. The normalized spacial score (nSPS) is 20.5. The second-order valence-corrected chi connectivity index (χ2v) is 9.67. The van der Waals surface area contributed by atoms with Crippen LogP contribution in [0.3, 0.4) is 0 Å². The van der Waals surface area contributed by atoms with E-state index in [1.54, 1.807) is 0 Å². The van der Waals surface area contributed by atoms with Crippen molar-refractivity contribution >= 4 is 16.7 Å². The second kappa shape index (κ2) is 9.87. The van der Waals surface area contributed by atoms with Crippen molar-refractivity contribution in [2.45, 2.75) is 38.6 Å². The van der Waals surface area contributed by atoms with Crippen LogP contribution in [0.4, 0.5) is 0 Å². The molecule has 0 radical (unpaired) electrons. The van der Waals surface area contributed by atoms with Crippen LogP contribution in [-0.2, 0) is 17.8 Å². The highest BCUT2D eigenvalue weighted by atomic mass is 16.2. The van der Waals surface area contributed by atoms with E-state index in [1.807, 2.05) is 0 Å². The molecule has 3 aromatic rings. The zero-order valence-electron chi connectivity index (χ0n) is 19.0. The van der Waals surface area contributed by atoms with E-state index in [2.05, 4.69) is 82.6 Å². The van der Waals surface area contributed by atoms with Crippen molar-refractivity contribution < 1.29 is 4.79 Å². The zero-order valence-corrected chi connectivity index (χ0v) is 19.0. The third-order valence-electron chi connectivity index (χ3n) is 7.42. The molecule has 2 saturated heterocycles. The van der Waals surface area contributed by atoms with Crippen molar-refractivity contribution in [2.24, 2.45) is 11.8 Å². The van der Waals surface area contributed by atoms with Crippen LogP contribution in [0.15, 0.2) is 72.8 Å². The number of benzene rings is 3. The largest absolute Gasteiger partial charge is 0.342 e. The number of hydrogen-bond acceptors (Lipinski definition) is 2. The topological polar surface area (TPSA) is 23.6 Å². The Morgan fingerprint density at radius 3 is 2.41 bits per heavy atom. The van der Waals surface area contributed by atoms with Gasteiger partial charge in [-0.25, -0.2) is 0 Å². The molecule has 2 aliphatic rings. The van der Waals surface area contributed by atoms with Gasteiger partial charge in [-0.2, -0.15) is 0 Å². The van der Waals surface area contributed by atoms with Gasteiger partial charge in [-0.15, -0.1) is 0 Å². The summed E-state index contributed by atoms with van der Waals surface area (Å²) >= 11 is 0. The van der Waals surface area contributed by atoms with Gasteiger partial charge in [-0.1, -0.05) is 72.8 Å². The lowest BCUT2D eigenvalue weighted by molar-refractivity contribution is -0.138. The molecule has 0 aromatic heterocycles. The Morgan fingerprint density at radius 1 is 0.812 bits per heavy atom. The highest BCUT2D eigenvalue weighted by Gasteiger charge is 2.31. The average molecular weight is 427 g/mol. The van der Waals surface area contributed by atoms with E-state index in [9.17, 15) is 4.79 Å². The molecule has 5 rings (SSSR count). The molecule has 2 aliphatic heterocycles. The number of amides is 1. The number of carbonyl (C=O) groups is 1. The number of nitrogens with zero attached hydrogens (tertiary/aromatic N) is 2. The first-order valence-corrected chi connectivity index (χ1v) is 12.3. The quantitative estimate of drug-likeness (QED) is 0.535. The molecule has 0 spiro atoms. The van der Waals surface area contributed by atoms with E-state index in [0.29, 0.717) is 11.8 Å².